The van der Waals surface area contributed by atoms with Crippen molar-refractivity contribution in [2.45, 2.75) is 33.3 Å². The lowest BCUT2D eigenvalue weighted by molar-refractivity contribution is -0.159. The van der Waals surface area contributed by atoms with Gasteiger partial charge in [-0.3, -0.25) is 4.79 Å². The predicted molar refractivity (Wildman–Crippen MR) is 66.4 cm³/mol. The summed E-state index contributed by atoms with van der Waals surface area (Å²) in [4.78, 5) is 13.7. The zero-order valence-electron chi connectivity index (χ0n) is 11.5. The van der Waals surface area contributed by atoms with Gasteiger partial charge in [0.05, 0.1) is 5.92 Å². The molecule has 0 bridgehead atoms. The first-order chi connectivity index (χ1) is 7.22. The highest BCUT2D eigenvalue weighted by atomic mass is 16.6. The molecular formula is C12H26N2O2. The maximum Gasteiger partial charge on any atom is 0.310 e. The molecule has 0 fully saturated rings. The number of nitrogens with one attached hydrogen (secondary N) is 1. The van der Waals surface area contributed by atoms with Crippen LogP contribution in [-0.2, 0) is 9.53 Å². The molecular weight excluding hydrogens is 204 g/mol. The maximum absolute atomic E-state index is 11.6. The van der Waals surface area contributed by atoms with E-state index in [9.17, 15) is 4.79 Å². The molecule has 4 nitrogen and oxygen atoms in total. The van der Waals surface area contributed by atoms with Crippen molar-refractivity contribution in [1.82, 2.24) is 10.2 Å². The van der Waals surface area contributed by atoms with E-state index in [0.717, 1.165) is 13.1 Å². The van der Waals surface area contributed by atoms with Crippen molar-refractivity contribution in [2.24, 2.45) is 5.92 Å². The smallest absolute Gasteiger partial charge is 0.310 e. The third kappa shape index (κ3) is 8.68. The highest BCUT2D eigenvalue weighted by Crippen LogP contribution is 2.10. The second-order valence-corrected chi connectivity index (χ2v) is 5.44. The lowest BCUT2D eigenvalue weighted by atomic mass is 10.1. The maximum atomic E-state index is 11.6. The largest absolute Gasteiger partial charge is 0.460 e. The molecule has 0 aromatic rings. The molecule has 0 saturated carbocycles. The van der Waals surface area contributed by atoms with Gasteiger partial charge in [0, 0.05) is 19.6 Å². The minimum Gasteiger partial charge on any atom is -0.460 e. The van der Waals surface area contributed by atoms with E-state index in [1.807, 2.05) is 41.8 Å². The van der Waals surface area contributed by atoms with Crippen LogP contribution in [0.25, 0.3) is 0 Å². The summed E-state index contributed by atoms with van der Waals surface area (Å²) >= 11 is 0. The van der Waals surface area contributed by atoms with Gasteiger partial charge in [-0.05, 0) is 34.9 Å². The van der Waals surface area contributed by atoms with Gasteiger partial charge in [-0.1, -0.05) is 6.92 Å². The standard InChI is InChI=1S/C12H26N2O2/c1-10(9-13-7-8-14(5)6)11(15)16-12(2,3)4/h10,13H,7-9H2,1-6H3/t10-/m1/s1. The second kappa shape index (κ2) is 6.86. The van der Waals surface area contributed by atoms with E-state index < -0.39 is 5.60 Å². The van der Waals surface area contributed by atoms with Gasteiger partial charge in [0.25, 0.3) is 0 Å². The van der Waals surface area contributed by atoms with Crippen LogP contribution < -0.4 is 5.32 Å². The van der Waals surface area contributed by atoms with Crippen molar-refractivity contribution < 1.29 is 9.53 Å². The Kier molecular flexibility index (Phi) is 6.60. The molecule has 1 N–H and O–H groups in total. The van der Waals surface area contributed by atoms with Crippen LogP contribution in [0.1, 0.15) is 27.7 Å². The van der Waals surface area contributed by atoms with Crippen LogP contribution in [0.15, 0.2) is 0 Å². The molecule has 0 aliphatic rings. The molecule has 0 saturated heterocycles. The topological polar surface area (TPSA) is 41.6 Å². The van der Waals surface area contributed by atoms with E-state index in [4.69, 9.17) is 4.74 Å². The van der Waals surface area contributed by atoms with E-state index in [1.165, 1.54) is 0 Å². The number of esters is 1. The molecule has 0 aliphatic carbocycles. The Bertz CT molecular complexity index is 210. The van der Waals surface area contributed by atoms with Crippen molar-refractivity contribution >= 4 is 5.97 Å². The first kappa shape index (κ1) is 15.4. The fourth-order valence-corrected chi connectivity index (χ4v) is 1.11. The number of carbonyl (C=O) groups is 1. The number of carbonyl (C=O) groups excluding carboxylic acids is 1. The van der Waals surface area contributed by atoms with Gasteiger partial charge in [0.15, 0.2) is 0 Å². The highest BCUT2D eigenvalue weighted by molar-refractivity contribution is 5.72. The van der Waals surface area contributed by atoms with Crippen LogP contribution in [0, 0.1) is 5.92 Å². The summed E-state index contributed by atoms with van der Waals surface area (Å²) in [7, 11) is 4.05. The summed E-state index contributed by atoms with van der Waals surface area (Å²) in [5.41, 5.74) is -0.394. The Labute approximate surface area is 99.3 Å². The molecule has 0 unspecified atom stereocenters. The van der Waals surface area contributed by atoms with Crippen molar-refractivity contribution in [2.75, 3.05) is 33.7 Å². The Morgan fingerprint density at radius 3 is 2.38 bits per heavy atom. The minimum absolute atomic E-state index is 0.0959. The average Bonchev–Trinajstić information content (AvgIpc) is 2.08. The number of hydrogen-bond donors (Lipinski definition) is 1. The summed E-state index contributed by atoms with van der Waals surface area (Å²) in [6.07, 6.45) is 0. The van der Waals surface area contributed by atoms with Crippen molar-refractivity contribution in [1.29, 1.82) is 0 Å². The molecule has 0 radical (unpaired) electrons. The summed E-state index contributed by atoms with van der Waals surface area (Å²) in [6, 6.07) is 0. The molecule has 0 rings (SSSR count). The number of hydrogen-bond acceptors (Lipinski definition) is 4. The quantitative estimate of drug-likeness (QED) is 0.548. The number of rotatable bonds is 6. The zero-order valence-corrected chi connectivity index (χ0v) is 11.5. The van der Waals surface area contributed by atoms with Gasteiger partial charge in [-0.15, -0.1) is 0 Å². The fourth-order valence-electron chi connectivity index (χ4n) is 1.11. The SMILES string of the molecule is C[C@H](CNCCN(C)C)C(=O)OC(C)(C)C. The summed E-state index contributed by atoms with van der Waals surface area (Å²) in [5, 5.41) is 3.24. The zero-order chi connectivity index (χ0) is 12.8. The van der Waals surface area contributed by atoms with E-state index in [0.29, 0.717) is 6.54 Å². The summed E-state index contributed by atoms with van der Waals surface area (Å²) in [5.74, 6) is -0.230. The Morgan fingerprint density at radius 1 is 1.38 bits per heavy atom. The minimum atomic E-state index is -0.394. The molecule has 0 heterocycles. The van der Waals surface area contributed by atoms with E-state index in [1.54, 1.807) is 0 Å². The molecule has 16 heavy (non-hydrogen) atoms. The lowest BCUT2D eigenvalue weighted by Gasteiger charge is -2.22. The number of likely N-dealkylation sites (N-methyl/N-ethyl adjacent to an activating group) is 1. The number of ether oxygens (including phenoxy) is 1. The van der Waals surface area contributed by atoms with Gasteiger partial charge >= 0.3 is 5.97 Å². The van der Waals surface area contributed by atoms with Gasteiger partial charge in [-0.2, -0.15) is 0 Å². The van der Waals surface area contributed by atoms with E-state index in [2.05, 4.69) is 10.2 Å². The monoisotopic (exact) mass is 230 g/mol. The summed E-state index contributed by atoms with van der Waals surface area (Å²) in [6.45, 7) is 10.1. The fraction of sp³-hybridized carbons (Fsp3) is 0.917. The highest BCUT2D eigenvalue weighted by Gasteiger charge is 2.21. The van der Waals surface area contributed by atoms with E-state index in [-0.39, 0.29) is 11.9 Å². The first-order valence-electron chi connectivity index (χ1n) is 5.80. The molecule has 1 atom stereocenters. The predicted octanol–water partition coefficient (Wildman–Crippen LogP) is 1.12. The van der Waals surface area contributed by atoms with Crippen LogP contribution >= 0.6 is 0 Å². The molecule has 0 aromatic heterocycles. The molecule has 0 aromatic carbocycles. The van der Waals surface area contributed by atoms with Crippen LogP contribution in [0.2, 0.25) is 0 Å². The lowest BCUT2D eigenvalue weighted by Crippen LogP contribution is -2.35. The molecule has 4 heteroatoms. The van der Waals surface area contributed by atoms with Crippen molar-refractivity contribution in [3.05, 3.63) is 0 Å². The van der Waals surface area contributed by atoms with Crippen LogP contribution in [0.5, 0.6) is 0 Å². The van der Waals surface area contributed by atoms with Gasteiger partial charge < -0.3 is 15.0 Å². The molecule has 0 aliphatic heterocycles. The van der Waals surface area contributed by atoms with Crippen molar-refractivity contribution in [3.63, 3.8) is 0 Å². The van der Waals surface area contributed by atoms with Gasteiger partial charge in [0.1, 0.15) is 5.60 Å². The van der Waals surface area contributed by atoms with Gasteiger partial charge in [-0.25, -0.2) is 0 Å². The third-order valence-electron chi connectivity index (χ3n) is 2.00. The first-order valence-corrected chi connectivity index (χ1v) is 5.80. The normalized spacial score (nSPS) is 13.9. The summed E-state index contributed by atoms with van der Waals surface area (Å²) < 4.78 is 5.29. The Balaban J connectivity index is 3.72. The Hall–Kier alpha value is -0.610. The second-order valence-electron chi connectivity index (χ2n) is 5.44. The van der Waals surface area contributed by atoms with Crippen LogP contribution in [-0.4, -0.2) is 50.2 Å². The molecule has 0 spiro atoms. The molecule has 0 amide bonds. The van der Waals surface area contributed by atoms with E-state index >= 15 is 0 Å². The van der Waals surface area contributed by atoms with Gasteiger partial charge in [0.2, 0.25) is 0 Å². The third-order valence-corrected chi connectivity index (χ3v) is 2.00. The molecule has 96 valence electrons. The Morgan fingerprint density at radius 2 is 1.94 bits per heavy atom. The van der Waals surface area contributed by atoms with Crippen molar-refractivity contribution in [3.8, 4) is 0 Å². The van der Waals surface area contributed by atoms with Crippen LogP contribution in [0.4, 0.5) is 0 Å². The average molecular weight is 230 g/mol. The number of nitrogens with zero attached hydrogens (tertiary/aromatic N) is 1. The van der Waals surface area contributed by atoms with Crippen LogP contribution in [0.3, 0.4) is 0 Å².